The van der Waals surface area contributed by atoms with Crippen LogP contribution in [0, 0.1) is 6.92 Å². The van der Waals surface area contributed by atoms with Gasteiger partial charge >= 0.3 is 5.97 Å². The van der Waals surface area contributed by atoms with Crippen molar-refractivity contribution in [1.82, 2.24) is 9.99 Å². The highest BCUT2D eigenvalue weighted by atomic mass is 79.9. The van der Waals surface area contributed by atoms with Crippen LogP contribution in [-0.4, -0.2) is 23.1 Å². The smallest absolute Gasteiger partial charge is 0.340 e. The van der Waals surface area contributed by atoms with E-state index in [4.69, 9.17) is 15.3 Å². The van der Waals surface area contributed by atoms with E-state index in [2.05, 4.69) is 32.8 Å². The lowest BCUT2D eigenvalue weighted by molar-refractivity contribution is 0.0527. The zero-order valence-electron chi connectivity index (χ0n) is 18.5. The van der Waals surface area contributed by atoms with Crippen molar-refractivity contribution in [2.45, 2.75) is 46.8 Å². The first-order valence-electron chi connectivity index (χ1n) is 10.6. The van der Waals surface area contributed by atoms with E-state index in [9.17, 15) is 9.59 Å². The van der Waals surface area contributed by atoms with Crippen molar-refractivity contribution in [3.8, 4) is 5.75 Å². The third kappa shape index (κ3) is 4.97. The third-order valence-corrected chi connectivity index (χ3v) is 5.95. The molecule has 0 aliphatic rings. The summed E-state index contributed by atoms with van der Waals surface area (Å²) in [6.45, 7) is 7.35. The highest BCUT2D eigenvalue weighted by Crippen LogP contribution is 2.36. The molecule has 0 saturated heterocycles. The summed E-state index contributed by atoms with van der Waals surface area (Å²) in [5.74, 6) is 5.12. The molecule has 32 heavy (non-hydrogen) atoms. The number of hydrogen-bond acceptors (Lipinski definition) is 5. The number of aryl methyl sites for hydroxylation is 1. The quantitative estimate of drug-likeness (QED) is 0.188. The van der Waals surface area contributed by atoms with Gasteiger partial charge < -0.3 is 14.0 Å². The molecule has 3 aromatic rings. The lowest BCUT2D eigenvalue weighted by atomic mass is 10.1. The zero-order valence-corrected chi connectivity index (χ0v) is 20.1. The van der Waals surface area contributed by atoms with Crippen LogP contribution in [0.15, 0.2) is 40.9 Å². The number of nitrogens with zero attached hydrogens (tertiary/aromatic N) is 1. The van der Waals surface area contributed by atoms with Crippen LogP contribution in [-0.2, 0) is 17.9 Å². The Kier molecular flexibility index (Phi) is 7.93. The second-order valence-corrected chi connectivity index (χ2v) is 8.30. The van der Waals surface area contributed by atoms with Gasteiger partial charge in [0.15, 0.2) is 0 Å². The lowest BCUT2D eigenvalue weighted by Gasteiger charge is -2.11. The van der Waals surface area contributed by atoms with Crippen molar-refractivity contribution in [3.63, 3.8) is 0 Å². The predicted molar refractivity (Wildman–Crippen MR) is 128 cm³/mol. The number of amides is 1. The van der Waals surface area contributed by atoms with Crippen LogP contribution < -0.4 is 16.0 Å². The number of nitrogens with one attached hydrogen (secondary N) is 1. The fourth-order valence-electron chi connectivity index (χ4n) is 3.65. The minimum Gasteiger partial charge on any atom is -0.488 e. The van der Waals surface area contributed by atoms with Gasteiger partial charge in [-0.15, -0.1) is 0 Å². The summed E-state index contributed by atoms with van der Waals surface area (Å²) in [6, 6.07) is 10.9. The van der Waals surface area contributed by atoms with Crippen LogP contribution in [0.3, 0.4) is 0 Å². The monoisotopic (exact) mass is 501 g/mol. The molecule has 0 unspecified atom stereocenters. The van der Waals surface area contributed by atoms with Gasteiger partial charge in [0.25, 0.3) is 5.91 Å². The largest absolute Gasteiger partial charge is 0.488 e. The van der Waals surface area contributed by atoms with E-state index in [-0.39, 0.29) is 11.9 Å². The molecule has 2 aromatic carbocycles. The first-order chi connectivity index (χ1) is 15.4. The normalized spacial score (nSPS) is 10.9. The summed E-state index contributed by atoms with van der Waals surface area (Å²) in [5.41, 5.74) is 5.92. The van der Waals surface area contributed by atoms with E-state index in [1.165, 1.54) is 0 Å². The predicted octanol–water partition coefficient (Wildman–Crippen LogP) is 4.87. The van der Waals surface area contributed by atoms with Crippen molar-refractivity contribution in [2.24, 2.45) is 5.84 Å². The van der Waals surface area contributed by atoms with Gasteiger partial charge in [0.05, 0.1) is 22.2 Å². The highest BCUT2D eigenvalue weighted by molar-refractivity contribution is 9.10. The number of carbonyl (C=O) groups excluding carboxylic acids is 2. The molecule has 0 atom stereocenters. The number of hydrazine groups is 1. The Morgan fingerprint density at radius 1 is 1.16 bits per heavy atom. The summed E-state index contributed by atoms with van der Waals surface area (Å²) in [6.07, 6.45) is 2.07. The Labute approximate surface area is 196 Å². The van der Waals surface area contributed by atoms with Gasteiger partial charge in [0.1, 0.15) is 12.4 Å². The highest BCUT2D eigenvalue weighted by Gasteiger charge is 2.22. The number of halogens is 1. The van der Waals surface area contributed by atoms with Crippen LogP contribution in [0.5, 0.6) is 5.75 Å². The van der Waals surface area contributed by atoms with Gasteiger partial charge in [0, 0.05) is 23.2 Å². The Morgan fingerprint density at radius 3 is 2.50 bits per heavy atom. The van der Waals surface area contributed by atoms with Crippen molar-refractivity contribution >= 4 is 38.7 Å². The van der Waals surface area contributed by atoms with Crippen molar-refractivity contribution < 1.29 is 19.1 Å². The fraction of sp³-hybridized carbons (Fsp3) is 0.333. The Morgan fingerprint density at radius 2 is 1.88 bits per heavy atom. The summed E-state index contributed by atoms with van der Waals surface area (Å²) >= 11 is 3.61. The maximum absolute atomic E-state index is 12.7. The van der Waals surface area contributed by atoms with Crippen LogP contribution in [0.1, 0.15) is 58.7 Å². The number of nitrogen functional groups attached to an aromatic ring is 1. The van der Waals surface area contributed by atoms with Gasteiger partial charge in [-0.25, -0.2) is 10.6 Å². The maximum Gasteiger partial charge on any atom is 0.340 e. The molecule has 8 heteroatoms. The molecule has 0 fully saturated rings. The molecule has 1 amide bonds. The van der Waals surface area contributed by atoms with Crippen molar-refractivity contribution in [1.29, 1.82) is 0 Å². The number of nitrogens with two attached hydrogens (primary N) is 1. The molecular weight excluding hydrogens is 474 g/mol. The van der Waals surface area contributed by atoms with Crippen LogP contribution >= 0.6 is 15.9 Å². The molecular formula is C24H28BrN3O4. The molecule has 0 saturated carbocycles. The van der Waals surface area contributed by atoms with Gasteiger partial charge in [0.2, 0.25) is 0 Å². The second kappa shape index (κ2) is 10.7. The van der Waals surface area contributed by atoms with Gasteiger partial charge in [-0.2, -0.15) is 0 Å². The zero-order chi connectivity index (χ0) is 23.3. The van der Waals surface area contributed by atoms with E-state index in [1.54, 1.807) is 19.1 Å². The van der Waals surface area contributed by atoms with Crippen LogP contribution in [0.25, 0.3) is 10.9 Å². The number of fused-ring (bicyclic) bond motifs is 1. The Hall–Kier alpha value is -2.84. The van der Waals surface area contributed by atoms with Gasteiger partial charge in [-0.1, -0.05) is 25.5 Å². The average Bonchev–Trinajstić information content (AvgIpc) is 3.06. The molecule has 0 aliphatic heterocycles. The summed E-state index contributed by atoms with van der Waals surface area (Å²) in [7, 11) is 0. The standard InChI is InChI=1S/C24H28BrN3O4/c1-4-6-11-28-15(3)22(24(30)31-5-2)18-12-21(19(25)13-20(18)28)32-14-16-7-9-17(10-8-16)23(29)27-26/h7-10,12-13H,4-6,11,14,26H2,1-3H3,(H,27,29). The molecule has 170 valence electrons. The number of unbranched alkanes of at least 4 members (excludes halogenated alkanes) is 1. The number of rotatable bonds is 9. The fourth-order valence-corrected chi connectivity index (χ4v) is 4.10. The molecule has 0 bridgehead atoms. The number of esters is 1. The Balaban J connectivity index is 1.94. The number of carbonyl (C=O) groups is 2. The van der Waals surface area contributed by atoms with Crippen LogP contribution in [0.4, 0.5) is 0 Å². The number of aromatic nitrogens is 1. The lowest BCUT2D eigenvalue weighted by Crippen LogP contribution is -2.29. The second-order valence-electron chi connectivity index (χ2n) is 7.44. The third-order valence-electron chi connectivity index (χ3n) is 5.33. The molecule has 3 rings (SSSR count). The maximum atomic E-state index is 12.7. The minimum atomic E-state index is -0.347. The molecule has 0 radical (unpaired) electrons. The average molecular weight is 502 g/mol. The topological polar surface area (TPSA) is 95.6 Å². The van der Waals surface area contributed by atoms with E-state index in [0.29, 0.717) is 30.1 Å². The van der Waals surface area contributed by atoms with Crippen LogP contribution in [0.2, 0.25) is 0 Å². The molecule has 0 aliphatic carbocycles. The van der Waals surface area contributed by atoms with E-state index < -0.39 is 0 Å². The molecule has 7 nitrogen and oxygen atoms in total. The minimum absolute atomic E-state index is 0.304. The van der Waals surface area contributed by atoms with E-state index >= 15 is 0 Å². The molecule has 0 spiro atoms. The van der Waals surface area contributed by atoms with Crippen molar-refractivity contribution in [3.05, 3.63) is 63.3 Å². The SMILES string of the molecule is CCCCn1c(C)c(C(=O)OCC)c2cc(OCc3ccc(C(=O)NN)cc3)c(Br)cc21. The summed E-state index contributed by atoms with van der Waals surface area (Å²) < 4.78 is 14.3. The first-order valence-corrected chi connectivity index (χ1v) is 11.4. The summed E-state index contributed by atoms with van der Waals surface area (Å²) in [4.78, 5) is 24.3. The van der Waals surface area contributed by atoms with Gasteiger partial charge in [-0.05, 0) is 66.0 Å². The number of hydrogen-bond donors (Lipinski definition) is 2. The number of ether oxygens (including phenoxy) is 2. The van der Waals surface area contributed by atoms with E-state index in [0.717, 1.165) is 46.0 Å². The van der Waals surface area contributed by atoms with E-state index in [1.807, 2.05) is 31.2 Å². The molecule has 3 N–H and O–H groups in total. The van der Waals surface area contributed by atoms with Crippen molar-refractivity contribution in [2.75, 3.05) is 6.61 Å². The number of benzene rings is 2. The summed E-state index contributed by atoms with van der Waals surface area (Å²) in [5, 5.41) is 0.810. The molecule has 1 heterocycles. The first kappa shape index (κ1) is 23.8. The molecule has 1 aromatic heterocycles. The van der Waals surface area contributed by atoms with Gasteiger partial charge in [-0.3, -0.25) is 10.2 Å². The Bertz CT molecular complexity index is 1120.